The van der Waals surface area contributed by atoms with Crippen LogP contribution in [0.25, 0.3) is 0 Å². The first-order chi connectivity index (χ1) is 9.74. The molecular formula is C16H23N3O. The smallest absolute Gasteiger partial charge is 0.236 e. The first-order valence-corrected chi connectivity index (χ1v) is 7.48. The molecule has 2 atom stereocenters. The molecule has 1 aliphatic heterocycles. The lowest BCUT2D eigenvalue weighted by Crippen LogP contribution is -2.49. The molecule has 0 bridgehead atoms. The summed E-state index contributed by atoms with van der Waals surface area (Å²) < 4.78 is 0. The van der Waals surface area contributed by atoms with Crippen LogP contribution in [-0.2, 0) is 4.79 Å². The highest BCUT2D eigenvalue weighted by molar-refractivity contribution is 5.78. The van der Waals surface area contributed by atoms with Gasteiger partial charge >= 0.3 is 0 Å². The van der Waals surface area contributed by atoms with Crippen molar-refractivity contribution in [3.8, 4) is 0 Å². The summed E-state index contributed by atoms with van der Waals surface area (Å²) in [6, 6.07) is 11.0. The second-order valence-electron chi connectivity index (χ2n) is 5.92. The highest BCUT2D eigenvalue weighted by Crippen LogP contribution is 2.40. The van der Waals surface area contributed by atoms with Crippen molar-refractivity contribution in [3.05, 3.63) is 35.9 Å². The zero-order valence-electron chi connectivity index (χ0n) is 12.1. The number of rotatable bonds is 4. The lowest BCUT2D eigenvalue weighted by atomic mass is 10.1. The highest BCUT2D eigenvalue weighted by atomic mass is 16.2. The van der Waals surface area contributed by atoms with E-state index in [1.807, 2.05) is 11.0 Å². The van der Waals surface area contributed by atoms with Gasteiger partial charge < -0.3 is 15.1 Å². The summed E-state index contributed by atoms with van der Waals surface area (Å²) in [5, 5.41) is 3.41. The number of amides is 1. The zero-order chi connectivity index (χ0) is 13.9. The van der Waals surface area contributed by atoms with Gasteiger partial charge in [-0.3, -0.25) is 4.79 Å². The lowest BCUT2D eigenvalue weighted by molar-refractivity contribution is -0.131. The summed E-state index contributed by atoms with van der Waals surface area (Å²) in [6.45, 7) is 4.19. The van der Waals surface area contributed by atoms with E-state index in [0.29, 0.717) is 18.5 Å². The van der Waals surface area contributed by atoms with E-state index >= 15 is 0 Å². The molecule has 1 heterocycles. The van der Waals surface area contributed by atoms with Crippen molar-refractivity contribution in [3.63, 3.8) is 0 Å². The maximum Gasteiger partial charge on any atom is 0.236 e. The summed E-state index contributed by atoms with van der Waals surface area (Å²) in [5.74, 6) is 0.841. The fourth-order valence-electron chi connectivity index (χ4n) is 2.88. The predicted octanol–water partition coefficient (Wildman–Crippen LogP) is 0.906. The van der Waals surface area contributed by atoms with E-state index in [9.17, 15) is 4.79 Å². The third-order valence-electron chi connectivity index (χ3n) is 4.39. The van der Waals surface area contributed by atoms with Crippen LogP contribution in [0.5, 0.6) is 0 Å². The summed E-state index contributed by atoms with van der Waals surface area (Å²) in [6.07, 6.45) is 1.15. The SMILES string of the molecule is CN1CCN(C(=O)CNC2CC2c2ccccc2)CC1. The quantitative estimate of drug-likeness (QED) is 0.885. The molecule has 2 unspecified atom stereocenters. The molecule has 20 heavy (non-hydrogen) atoms. The van der Waals surface area contributed by atoms with Crippen LogP contribution in [0.1, 0.15) is 17.9 Å². The largest absolute Gasteiger partial charge is 0.339 e. The molecule has 2 aliphatic rings. The zero-order valence-corrected chi connectivity index (χ0v) is 12.1. The third-order valence-corrected chi connectivity index (χ3v) is 4.39. The molecule has 1 N–H and O–H groups in total. The molecular weight excluding hydrogens is 250 g/mol. The fourth-order valence-corrected chi connectivity index (χ4v) is 2.88. The maximum atomic E-state index is 12.1. The molecule has 1 amide bonds. The van der Waals surface area contributed by atoms with Gasteiger partial charge in [0.25, 0.3) is 0 Å². The molecule has 1 aromatic rings. The Hall–Kier alpha value is -1.39. The van der Waals surface area contributed by atoms with Crippen LogP contribution in [-0.4, -0.2) is 61.5 Å². The molecule has 2 fully saturated rings. The molecule has 4 heteroatoms. The molecule has 0 radical (unpaired) electrons. The van der Waals surface area contributed by atoms with Gasteiger partial charge in [0, 0.05) is 38.1 Å². The van der Waals surface area contributed by atoms with Crippen molar-refractivity contribution in [2.24, 2.45) is 0 Å². The summed E-state index contributed by atoms with van der Waals surface area (Å²) in [4.78, 5) is 16.4. The number of carbonyl (C=O) groups excluding carboxylic acids is 1. The third kappa shape index (κ3) is 3.19. The van der Waals surface area contributed by atoms with Gasteiger partial charge in [-0.2, -0.15) is 0 Å². The Kier molecular flexibility index (Phi) is 4.03. The number of likely N-dealkylation sites (N-methyl/N-ethyl adjacent to an activating group) is 1. The van der Waals surface area contributed by atoms with Crippen molar-refractivity contribution >= 4 is 5.91 Å². The van der Waals surface area contributed by atoms with Crippen LogP contribution in [0, 0.1) is 0 Å². The monoisotopic (exact) mass is 273 g/mol. The Bertz CT molecular complexity index is 454. The van der Waals surface area contributed by atoms with Crippen molar-refractivity contribution in [2.45, 2.75) is 18.4 Å². The van der Waals surface area contributed by atoms with Crippen molar-refractivity contribution < 1.29 is 4.79 Å². The number of nitrogens with zero attached hydrogens (tertiary/aromatic N) is 2. The van der Waals surface area contributed by atoms with Gasteiger partial charge in [-0.05, 0) is 19.0 Å². The first kappa shape index (κ1) is 13.6. The standard InChI is InChI=1S/C16H23N3O/c1-18-7-9-19(10-8-18)16(20)12-17-15-11-14(15)13-5-3-2-4-6-13/h2-6,14-15,17H,7-12H2,1H3. The molecule has 1 aromatic carbocycles. The Balaban J connectivity index is 1.41. The van der Waals surface area contributed by atoms with Crippen LogP contribution in [0.4, 0.5) is 0 Å². The van der Waals surface area contributed by atoms with Crippen LogP contribution in [0.15, 0.2) is 30.3 Å². The predicted molar refractivity (Wildman–Crippen MR) is 79.7 cm³/mol. The van der Waals surface area contributed by atoms with E-state index in [4.69, 9.17) is 0 Å². The van der Waals surface area contributed by atoms with Crippen LogP contribution < -0.4 is 5.32 Å². The topological polar surface area (TPSA) is 35.6 Å². The second kappa shape index (κ2) is 5.94. The van der Waals surface area contributed by atoms with Gasteiger partial charge in [0.1, 0.15) is 0 Å². The van der Waals surface area contributed by atoms with E-state index < -0.39 is 0 Å². The number of hydrogen-bond acceptors (Lipinski definition) is 3. The molecule has 1 saturated heterocycles. The normalized spacial score (nSPS) is 26.6. The van der Waals surface area contributed by atoms with Gasteiger partial charge in [0.05, 0.1) is 6.54 Å². The molecule has 108 valence electrons. The van der Waals surface area contributed by atoms with E-state index in [1.165, 1.54) is 5.56 Å². The lowest BCUT2D eigenvalue weighted by Gasteiger charge is -2.32. The Labute approximate surface area is 120 Å². The van der Waals surface area contributed by atoms with Crippen molar-refractivity contribution in [1.82, 2.24) is 15.1 Å². The van der Waals surface area contributed by atoms with Gasteiger partial charge in [-0.15, -0.1) is 0 Å². The minimum Gasteiger partial charge on any atom is -0.339 e. The second-order valence-corrected chi connectivity index (χ2v) is 5.92. The number of benzene rings is 1. The average Bonchev–Trinajstić information content (AvgIpc) is 3.26. The van der Waals surface area contributed by atoms with Crippen molar-refractivity contribution in [1.29, 1.82) is 0 Å². The first-order valence-electron chi connectivity index (χ1n) is 7.48. The van der Waals surface area contributed by atoms with Gasteiger partial charge in [0.15, 0.2) is 0 Å². The molecule has 0 aromatic heterocycles. The van der Waals surface area contributed by atoms with Crippen molar-refractivity contribution in [2.75, 3.05) is 39.8 Å². The fraction of sp³-hybridized carbons (Fsp3) is 0.562. The van der Waals surface area contributed by atoms with Crippen LogP contribution in [0.2, 0.25) is 0 Å². The number of hydrogen-bond donors (Lipinski definition) is 1. The minimum atomic E-state index is 0.247. The van der Waals surface area contributed by atoms with E-state index in [-0.39, 0.29) is 5.91 Å². The van der Waals surface area contributed by atoms with Crippen LogP contribution in [0.3, 0.4) is 0 Å². The summed E-state index contributed by atoms with van der Waals surface area (Å²) >= 11 is 0. The van der Waals surface area contributed by atoms with Gasteiger partial charge in [0.2, 0.25) is 5.91 Å². The van der Waals surface area contributed by atoms with Gasteiger partial charge in [-0.1, -0.05) is 30.3 Å². The number of nitrogens with one attached hydrogen (secondary N) is 1. The Morgan fingerprint density at radius 3 is 2.60 bits per heavy atom. The highest BCUT2D eigenvalue weighted by Gasteiger charge is 2.38. The Morgan fingerprint density at radius 1 is 1.20 bits per heavy atom. The van der Waals surface area contributed by atoms with E-state index in [0.717, 1.165) is 32.6 Å². The molecule has 4 nitrogen and oxygen atoms in total. The summed E-state index contributed by atoms with van der Waals surface area (Å²) in [5.41, 5.74) is 1.39. The van der Waals surface area contributed by atoms with E-state index in [1.54, 1.807) is 0 Å². The van der Waals surface area contributed by atoms with Crippen LogP contribution >= 0.6 is 0 Å². The molecule has 3 rings (SSSR count). The molecule has 1 saturated carbocycles. The van der Waals surface area contributed by atoms with Gasteiger partial charge in [-0.25, -0.2) is 0 Å². The molecule has 0 spiro atoms. The Morgan fingerprint density at radius 2 is 1.90 bits per heavy atom. The summed E-state index contributed by atoms with van der Waals surface area (Å²) in [7, 11) is 2.11. The molecule has 1 aliphatic carbocycles. The van der Waals surface area contributed by atoms with E-state index in [2.05, 4.69) is 41.5 Å². The number of carbonyl (C=O) groups is 1. The maximum absolute atomic E-state index is 12.1. The number of piperazine rings is 1. The average molecular weight is 273 g/mol. The minimum absolute atomic E-state index is 0.247.